The van der Waals surface area contributed by atoms with E-state index in [4.69, 9.17) is 10.3 Å². The molecule has 0 aliphatic rings. The Balaban J connectivity index is 2.89. The van der Waals surface area contributed by atoms with Crippen LogP contribution in [0.2, 0.25) is 0 Å². The van der Waals surface area contributed by atoms with Crippen molar-refractivity contribution in [2.24, 2.45) is 5.16 Å². The lowest BCUT2D eigenvalue weighted by atomic mass is 10.5. The monoisotopic (exact) mass is 172 g/mol. The zero-order chi connectivity index (χ0) is 8.27. The molecule has 0 saturated heterocycles. The number of thiazole rings is 1. The second kappa shape index (κ2) is 3.45. The maximum absolute atomic E-state index is 8.67. The van der Waals surface area contributed by atoms with E-state index in [0.717, 1.165) is 4.88 Å². The van der Waals surface area contributed by atoms with Gasteiger partial charge in [-0.15, -0.1) is 11.3 Å². The van der Waals surface area contributed by atoms with Crippen LogP contribution in [0.5, 0.6) is 0 Å². The SMILES string of the molecule is C/C(=N/O)c1ncc(CO)s1. The lowest BCUT2D eigenvalue weighted by molar-refractivity contribution is 0.285. The van der Waals surface area contributed by atoms with Gasteiger partial charge in [-0.2, -0.15) is 0 Å². The smallest absolute Gasteiger partial charge is 0.141 e. The Kier molecular flexibility index (Phi) is 2.56. The molecule has 4 nitrogen and oxygen atoms in total. The molecule has 0 radical (unpaired) electrons. The molecule has 0 fully saturated rings. The molecule has 1 aromatic heterocycles. The molecule has 0 unspecified atom stereocenters. The largest absolute Gasteiger partial charge is 0.411 e. The number of aliphatic hydroxyl groups excluding tert-OH is 1. The summed E-state index contributed by atoms with van der Waals surface area (Å²) in [6.45, 7) is 1.64. The third-order valence-corrected chi connectivity index (χ3v) is 2.26. The minimum absolute atomic E-state index is 0.0175. The maximum atomic E-state index is 8.67. The third kappa shape index (κ3) is 1.75. The molecule has 0 amide bonds. The van der Waals surface area contributed by atoms with Crippen molar-refractivity contribution >= 4 is 17.0 Å². The molecule has 0 saturated carbocycles. The molecule has 2 N–H and O–H groups in total. The summed E-state index contributed by atoms with van der Waals surface area (Å²) in [5, 5.41) is 20.7. The first-order chi connectivity index (χ1) is 5.27. The first kappa shape index (κ1) is 8.16. The lowest BCUT2D eigenvalue weighted by Gasteiger charge is -1.87. The molecular weight excluding hydrogens is 164 g/mol. The molecule has 11 heavy (non-hydrogen) atoms. The van der Waals surface area contributed by atoms with E-state index in [-0.39, 0.29) is 6.61 Å². The molecule has 0 bridgehead atoms. The van der Waals surface area contributed by atoms with Gasteiger partial charge in [0.2, 0.25) is 0 Å². The predicted molar refractivity (Wildman–Crippen MR) is 42.0 cm³/mol. The van der Waals surface area contributed by atoms with Crippen LogP contribution >= 0.6 is 11.3 Å². The summed E-state index contributed by atoms with van der Waals surface area (Å²) in [5.41, 5.74) is 0.467. The van der Waals surface area contributed by atoms with Gasteiger partial charge in [-0.1, -0.05) is 5.16 Å². The zero-order valence-electron chi connectivity index (χ0n) is 5.98. The molecule has 1 rings (SSSR count). The van der Waals surface area contributed by atoms with Gasteiger partial charge in [0.05, 0.1) is 11.5 Å². The topological polar surface area (TPSA) is 65.7 Å². The summed E-state index contributed by atoms with van der Waals surface area (Å²) in [5.74, 6) is 0. The number of rotatable bonds is 2. The van der Waals surface area contributed by atoms with Crippen LogP contribution < -0.4 is 0 Å². The van der Waals surface area contributed by atoms with Crippen LogP contribution in [0.25, 0.3) is 0 Å². The van der Waals surface area contributed by atoms with Gasteiger partial charge in [0.1, 0.15) is 10.7 Å². The van der Waals surface area contributed by atoms with Crippen molar-refractivity contribution in [1.29, 1.82) is 0 Å². The van der Waals surface area contributed by atoms with Crippen LogP contribution in [0.3, 0.4) is 0 Å². The second-order valence-electron chi connectivity index (χ2n) is 1.98. The van der Waals surface area contributed by atoms with Crippen molar-refractivity contribution in [3.05, 3.63) is 16.1 Å². The van der Waals surface area contributed by atoms with E-state index in [9.17, 15) is 0 Å². The average Bonchev–Trinajstić information content (AvgIpc) is 2.50. The normalized spacial score (nSPS) is 12.0. The fraction of sp³-hybridized carbons (Fsp3) is 0.333. The number of aliphatic hydroxyl groups is 1. The second-order valence-corrected chi connectivity index (χ2v) is 3.09. The maximum Gasteiger partial charge on any atom is 0.141 e. The molecule has 0 aliphatic heterocycles. The van der Waals surface area contributed by atoms with Crippen LogP contribution in [0.4, 0.5) is 0 Å². The zero-order valence-corrected chi connectivity index (χ0v) is 6.80. The van der Waals surface area contributed by atoms with Crippen LogP contribution in [0.1, 0.15) is 16.8 Å². The molecule has 1 aromatic rings. The van der Waals surface area contributed by atoms with Crippen molar-refractivity contribution in [3.8, 4) is 0 Å². The van der Waals surface area contributed by atoms with Crippen molar-refractivity contribution in [2.75, 3.05) is 0 Å². The average molecular weight is 172 g/mol. The Morgan fingerprint density at radius 1 is 1.82 bits per heavy atom. The fourth-order valence-electron chi connectivity index (χ4n) is 0.591. The predicted octanol–water partition coefficient (Wildman–Crippen LogP) is 0.834. The number of aromatic nitrogens is 1. The van der Waals surface area contributed by atoms with E-state index in [1.54, 1.807) is 13.1 Å². The van der Waals surface area contributed by atoms with Gasteiger partial charge < -0.3 is 10.3 Å². The molecule has 5 heteroatoms. The Bertz CT molecular complexity index is 269. The van der Waals surface area contributed by atoms with Crippen molar-refractivity contribution in [3.63, 3.8) is 0 Å². The van der Waals surface area contributed by atoms with E-state index < -0.39 is 0 Å². The van der Waals surface area contributed by atoms with Gasteiger partial charge in [-0.05, 0) is 6.92 Å². The van der Waals surface area contributed by atoms with Gasteiger partial charge in [0.25, 0.3) is 0 Å². The van der Waals surface area contributed by atoms with Crippen LogP contribution in [0.15, 0.2) is 11.4 Å². The van der Waals surface area contributed by atoms with Gasteiger partial charge in [-0.25, -0.2) is 4.98 Å². The Morgan fingerprint density at radius 2 is 2.55 bits per heavy atom. The van der Waals surface area contributed by atoms with Crippen molar-refractivity contribution in [1.82, 2.24) is 4.98 Å². The van der Waals surface area contributed by atoms with E-state index in [1.807, 2.05) is 0 Å². The highest BCUT2D eigenvalue weighted by molar-refractivity contribution is 7.13. The fourth-order valence-corrected chi connectivity index (χ4v) is 1.30. The van der Waals surface area contributed by atoms with Crippen molar-refractivity contribution < 1.29 is 10.3 Å². The molecule has 0 atom stereocenters. The van der Waals surface area contributed by atoms with Gasteiger partial charge in [0, 0.05) is 6.20 Å². The highest BCUT2D eigenvalue weighted by atomic mass is 32.1. The number of oxime groups is 1. The first-order valence-electron chi connectivity index (χ1n) is 3.02. The minimum atomic E-state index is -0.0175. The summed E-state index contributed by atoms with van der Waals surface area (Å²) in [7, 11) is 0. The van der Waals surface area contributed by atoms with Gasteiger partial charge >= 0.3 is 0 Å². The Labute approximate surface area is 67.8 Å². The summed E-state index contributed by atoms with van der Waals surface area (Å²) >= 11 is 1.31. The summed E-state index contributed by atoms with van der Waals surface area (Å²) in [4.78, 5) is 4.69. The Hall–Kier alpha value is -0.940. The Morgan fingerprint density at radius 3 is 3.00 bits per heavy atom. The van der Waals surface area contributed by atoms with E-state index >= 15 is 0 Å². The van der Waals surface area contributed by atoms with Gasteiger partial charge in [0.15, 0.2) is 0 Å². The lowest BCUT2D eigenvalue weighted by Crippen LogP contribution is -1.91. The summed E-state index contributed by atoms with van der Waals surface area (Å²) in [6, 6.07) is 0. The van der Waals surface area contributed by atoms with Crippen LogP contribution in [0, 0.1) is 0 Å². The van der Waals surface area contributed by atoms with Crippen LogP contribution in [-0.4, -0.2) is 21.0 Å². The van der Waals surface area contributed by atoms with Gasteiger partial charge in [-0.3, -0.25) is 0 Å². The van der Waals surface area contributed by atoms with Crippen molar-refractivity contribution in [2.45, 2.75) is 13.5 Å². The summed E-state index contributed by atoms with van der Waals surface area (Å²) < 4.78 is 0. The minimum Gasteiger partial charge on any atom is -0.411 e. The molecule has 0 aromatic carbocycles. The highest BCUT2D eigenvalue weighted by Crippen LogP contribution is 2.12. The number of hydrogen-bond acceptors (Lipinski definition) is 5. The summed E-state index contributed by atoms with van der Waals surface area (Å²) in [6.07, 6.45) is 1.56. The molecule has 0 aliphatic carbocycles. The van der Waals surface area contributed by atoms with E-state index in [2.05, 4.69) is 10.1 Å². The quantitative estimate of drug-likeness (QED) is 0.394. The third-order valence-electron chi connectivity index (χ3n) is 1.17. The molecule has 1 heterocycles. The van der Waals surface area contributed by atoms with E-state index in [1.165, 1.54) is 11.3 Å². The van der Waals surface area contributed by atoms with Crippen LogP contribution in [-0.2, 0) is 6.61 Å². The number of nitrogens with zero attached hydrogens (tertiary/aromatic N) is 2. The molecule has 60 valence electrons. The molecule has 0 spiro atoms. The first-order valence-corrected chi connectivity index (χ1v) is 3.84. The number of hydrogen-bond donors (Lipinski definition) is 2. The molecular formula is C6H8N2O2S. The highest BCUT2D eigenvalue weighted by Gasteiger charge is 2.03. The standard InChI is InChI=1S/C6H8N2O2S/c1-4(8-10)6-7-2-5(3-9)11-6/h2,9-10H,3H2,1H3/b8-4-. The van der Waals surface area contributed by atoms with E-state index in [0.29, 0.717) is 10.7 Å².